The van der Waals surface area contributed by atoms with Gasteiger partial charge >= 0.3 is 0 Å². The Morgan fingerprint density at radius 2 is 2.00 bits per heavy atom. The first kappa shape index (κ1) is 14.5. The molecule has 0 saturated carbocycles. The highest BCUT2D eigenvalue weighted by Gasteiger charge is 2.28. The van der Waals surface area contributed by atoms with E-state index in [2.05, 4.69) is 61.3 Å². The monoisotopic (exact) mass is 260 g/mol. The Balaban J connectivity index is 2.03. The van der Waals surface area contributed by atoms with Crippen molar-refractivity contribution in [2.24, 2.45) is 5.92 Å². The van der Waals surface area contributed by atoms with E-state index >= 15 is 0 Å². The number of piperazine rings is 1. The van der Waals surface area contributed by atoms with Crippen molar-refractivity contribution < 1.29 is 0 Å². The molecule has 0 spiro atoms. The third-order valence-corrected chi connectivity index (χ3v) is 3.96. The lowest BCUT2D eigenvalue weighted by Gasteiger charge is -2.41. The van der Waals surface area contributed by atoms with E-state index in [1.54, 1.807) is 0 Å². The molecule has 1 fully saturated rings. The van der Waals surface area contributed by atoms with Gasteiger partial charge in [0, 0.05) is 31.7 Å². The summed E-state index contributed by atoms with van der Waals surface area (Å²) in [7, 11) is 0. The lowest BCUT2D eigenvalue weighted by molar-refractivity contribution is 0.109. The van der Waals surface area contributed by atoms with Crippen molar-refractivity contribution in [2.45, 2.75) is 45.7 Å². The lowest BCUT2D eigenvalue weighted by Crippen LogP contribution is -2.53. The van der Waals surface area contributed by atoms with Crippen LogP contribution in [0.1, 0.15) is 45.2 Å². The van der Waals surface area contributed by atoms with Crippen LogP contribution in [-0.2, 0) is 0 Å². The maximum atomic E-state index is 3.73. The molecule has 2 unspecified atom stereocenters. The van der Waals surface area contributed by atoms with Crippen LogP contribution in [0.25, 0.3) is 0 Å². The Hall–Kier alpha value is -0.860. The smallest absolute Gasteiger partial charge is 0.0449 e. The van der Waals surface area contributed by atoms with Crippen LogP contribution in [0.2, 0.25) is 0 Å². The van der Waals surface area contributed by atoms with E-state index in [0.717, 1.165) is 19.0 Å². The van der Waals surface area contributed by atoms with E-state index in [4.69, 9.17) is 0 Å². The number of hydrogen-bond donors (Lipinski definition) is 1. The zero-order valence-corrected chi connectivity index (χ0v) is 12.6. The SMILES string of the molecule is CCCC1CNC(c2ccccc2)CN1CC(C)C. The Bertz CT molecular complexity index is 361. The van der Waals surface area contributed by atoms with Crippen LogP contribution in [0, 0.1) is 5.92 Å². The molecule has 0 aromatic heterocycles. The molecular formula is C17H28N2. The van der Waals surface area contributed by atoms with Crippen LogP contribution in [0.4, 0.5) is 0 Å². The van der Waals surface area contributed by atoms with E-state index in [1.807, 2.05) is 0 Å². The predicted molar refractivity (Wildman–Crippen MR) is 82.3 cm³/mol. The van der Waals surface area contributed by atoms with Gasteiger partial charge in [0.1, 0.15) is 0 Å². The molecule has 2 heteroatoms. The first-order chi connectivity index (χ1) is 9.20. The number of hydrogen-bond acceptors (Lipinski definition) is 2. The summed E-state index contributed by atoms with van der Waals surface area (Å²) < 4.78 is 0. The Morgan fingerprint density at radius 3 is 2.63 bits per heavy atom. The Labute approximate surface area is 118 Å². The van der Waals surface area contributed by atoms with Crippen LogP contribution in [0.15, 0.2) is 30.3 Å². The predicted octanol–water partition coefficient (Wildman–Crippen LogP) is 3.46. The summed E-state index contributed by atoms with van der Waals surface area (Å²) in [6.07, 6.45) is 2.58. The highest BCUT2D eigenvalue weighted by molar-refractivity contribution is 5.20. The summed E-state index contributed by atoms with van der Waals surface area (Å²) in [4.78, 5) is 2.70. The largest absolute Gasteiger partial charge is 0.307 e. The number of benzene rings is 1. The first-order valence-electron chi connectivity index (χ1n) is 7.73. The number of nitrogens with zero attached hydrogens (tertiary/aromatic N) is 1. The second kappa shape index (κ2) is 7.06. The van der Waals surface area contributed by atoms with Crippen molar-refractivity contribution in [1.29, 1.82) is 0 Å². The summed E-state index contributed by atoms with van der Waals surface area (Å²) in [5.41, 5.74) is 1.42. The molecule has 1 aromatic carbocycles. The molecule has 1 N–H and O–H groups in total. The van der Waals surface area contributed by atoms with Crippen LogP contribution < -0.4 is 5.32 Å². The van der Waals surface area contributed by atoms with Crippen molar-refractivity contribution in [3.63, 3.8) is 0 Å². The fraction of sp³-hybridized carbons (Fsp3) is 0.647. The Kier molecular flexibility index (Phi) is 5.41. The van der Waals surface area contributed by atoms with Gasteiger partial charge in [-0.15, -0.1) is 0 Å². The molecule has 1 aromatic rings. The van der Waals surface area contributed by atoms with Crippen LogP contribution in [0.5, 0.6) is 0 Å². The molecule has 2 atom stereocenters. The summed E-state index contributed by atoms with van der Waals surface area (Å²) in [6, 6.07) is 12.1. The van der Waals surface area contributed by atoms with Crippen LogP contribution in [0.3, 0.4) is 0 Å². The second-order valence-corrected chi connectivity index (χ2v) is 6.16. The van der Waals surface area contributed by atoms with Crippen molar-refractivity contribution in [3.05, 3.63) is 35.9 Å². The minimum atomic E-state index is 0.494. The molecule has 0 aliphatic carbocycles. The van der Waals surface area contributed by atoms with E-state index < -0.39 is 0 Å². The van der Waals surface area contributed by atoms with Crippen LogP contribution in [-0.4, -0.2) is 30.6 Å². The molecule has 0 radical (unpaired) electrons. The zero-order chi connectivity index (χ0) is 13.7. The van der Waals surface area contributed by atoms with Gasteiger partial charge in [-0.25, -0.2) is 0 Å². The molecule has 1 saturated heterocycles. The second-order valence-electron chi connectivity index (χ2n) is 6.16. The van der Waals surface area contributed by atoms with E-state index in [9.17, 15) is 0 Å². The molecular weight excluding hydrogens is 232 g/mol. The molecule has 1 aliphatic rings. The molecule has 106 valence electrons. The van der Waals surface area contributed by atoms with Gasteiger partial charge in [0.2, 0.25) is 0 Å². The average molecular weight is 260 g/mol. The number of nitrogens with one attached hydrogen (secondary N) is 1. The lowest BCUT2D eigenvalue weighted by atomic mass is 9.98. The van der Waals surface area contributed by atoms with E-state index in [1.165, 1.54) is 24.9 Å². The van der Waals surface area contributed by atoms with Gasteiger partial charge in [0.25, 0.3) is 0 Å². The number of rotatable bonds is 5. The fourth-order valence-electron chi connectivity index (χ4n) is 3.07. The van der Waals surface area contributed by atoms with Gasteiger partial charge in [0.15, 0.2) is 0 Å². The minimum Gasteiger partial charge on any atom is -0.307 e. The van der Waals surface area contributed by atoms with Crippen molar-refractivity contribution in [3.8, 4) is 0 Å². The van der Waals surface area contributed by atoms with Crippen LogP contribution >= 0.6 is 0 Å². The molecule has 1 heterocycles. The van der Waals surface area contributed by atoms with Gasteiger partial charge < -0.3 is 5.32 Å². The van der Waals surface area contributed by atoms with Gasteiger partial charge in [-0.05, 0) is 17.9 Å². The fourth-order valence-corrected chi connectivity index (χ4v) is 3.07. The first-order valence-corrected chi connectivity index (χ1v) is 7.73. The Morgan fingerprint density at radius 1 is 1.26 bits per heavy atom. The van der Waals surface area contributed by atoms with Gasteiger partial charge in [0.05, 0.1) is 0 Å². The van der Waals surface area contributed by atoms with Crippen molar-refractivity contribution in [2.75, 3.05) is 19.6 Å². The van der Waals surface area contributed by atoms with E-state index in [0.29, 0.717) is 12.1 Å². The topological polar surface area (TPSA) is 15.3 Å². The summed E-state index contributed by atoms with van der Waals surface area (Å²) in [5, 5.41) is 3.73. The summed E-state index contributed by atoms with van der Waals surface area (Å²) in [5.74, 6) is 0.744. The van der Waals surface area contributed by atoms with Gasteiger partial charge in [-0.3, -0.25) is 4.90 Å². The molecule has 1 aliphatic heterocycles. The zero-order valence-electron chi connectivity index (χ0n) is 12.6. The highest BCUT2D eigenvalue weighted by atomic mass is 15.2. The summed E-state index contributed by atoms with van der Waals surface area (Å²) >= 11 is 0. The van der Waals surface area contributed by atoms with Crippen molar-refractivity contribution in [1.82, 2.24) is 10.2 Å². The molecule has 2 rings (SSSR count). The maximum absolute atomic E-state index is 3.73. The molecule has 0 amide bonds. The summed E-state index contributed by atoms with van der Waals surface area (Å²) in [6.45, 7) is 10.4. The highest BCUT2D eigenvalue weighted by Crippen LogP contribution is 2.22. The standard InChI is InChI=1S/C17H28N2/c1-4-8-16-11-18-17(13-19(16)12-14(2)3)15-9-6-5-7-10-15/h5-7,9-10,14,16-18H,4,8,11-13H2,1-3H3. The van der Waals surface area contributed by atoms with Gasteiger partial charge in [-0.1, -0.05) is 57.5 Å². The van der Waals surface area contributed by atoms with Gasteiger partial charge in [-0.2, -0.15) is 0 Å². The molecule has 0 bridgehead atoms. The molecule has 19 heavy (non-hydrogen) atoms. The third kappa shape index (κ3) is 4.05. The minimum absolute atomic E-state index is 0.494. The molecule has 2 nitrogen and oxygen atoms in total. The normalized spacial score (nSPS) is 24.8. The van der Waals surface area contributed by atoms with Crippen molar-refractivity contribution >= 4 is 0 Å². The average Bonchev–Trinajstić information content (AvgIpc) is 2.41. The third-order valence-electron chi connectivity index (χ3n) is 3.96. The maximum Gasteiger partial charge on any atom is 0.0449 e. The quantitative estimate of drug-likeness (QED) is 0.872. The van der Waals surface area contributed by atoms with E-state index in [-0.39, 0.29) is 0 Å².